The van der Waals surface area contributed by atoms with Gasteiger partial charge in [0.2, 0.25) is 0 Å². The maximum atomic E-state index is 10.4. The molecule has 1 unspecified atom stereocenters. The Bertz CT molecular complexity index is 836. The van der Waals surface area contributed by atoms with Crippen LogP contribution in [0.3, 0.4) is 0 Å². The molecule has 1 atom stereocenters. The van der Waals surface area contributed by atoms with E-state index in [9.17, 15) is 10.4 Å². The summed E-state index contributed by atoms with van der Waals surface area (Å²) in [4.78, 5) is 4.93. The second-order valence-electron chi connectivity index (χ2n) is 8.91. The van der Waals surface area contributed by atoms with E-state index >= 15 is 0 Å². The number of β-amino-alcohol motifs (C(OH)–C–C–N with tert-alkyl or cyclic N) is 1. The summed E-state index contributed by atoms with van der Waals surface area (Å²) in [6, 6.07) is 23.2. The molecule has 5 heteroatoms. The van der Waals surface area contributed by atoms with Gasteiger partial charge in [-0.2, -0.15) is 5.26 Å². The Kier molecular flexibility index (Phi) is 7.24. The van der Waals surface area contributed by atoms with Crippen LogP contribution in [0.4, 0.5) is 0 Å². The number of aliphatic hydroxyl groups excluding tert-OH is 1. The Hall–Kier alpha value is -2.39. The van der Waals surface area contributed by atoms with Crippen molar-refractivity contribution >= 4 is 0 Å². The molecule has 2 fully saturated rings. The highest BCUT2D eigenvalue weighted by atomic mass is 16.5. The molecule has 2 aliphatic rings. The number of benzene rings is 2. The predicted molar refractivity (Wildman–Crippen MR) is 122 cm³/mol. The molecular formula is C26H33N3O2. The third-order valence-corrected chi connectivity index (χ3v) is 6.93. The van der Waals surface area contributed by atoms with E-state index in [0.717, 1.165) is 57.6 Å². The molecular weight excluding hydrogens is 386 g/mol. The topological polar surface area (TPSA) is 59.7 Å². The number of piperazine rings is 1. The van der Waals surface area contributed by atoms with Crippen molar-refractivity contribution in [2.45, 2.75) is 43.2 Å². The average molecular weight is 420 g/mol. The van der Waals surface area contributed by atoms with Crippen molar-refractivity contribution in [3.8, 4) is 11.8 Å². The van der Waals surface area contributed by atoms with Crippen molar-refractivity contribution in [2.75, 3.05) is 39.3 Å². The first-order valence-corrected chi connectivity index (χ1v) is 11.5. The molecule has 1 heterocycles. The lowest BCUT2D eigenvalue weighted by Gasteiger charge is -2.44. The Morgan fingerprint density at radius 2 is 1.58 bits per heavy atom. The van der Waals surface area contributed by atoms with Crippen LogP contribution in [0.1, 0.15) is 31.2 Å². The number of hydrogen-bond donors (Lipinski definition) is 1. The van der Waals surface area contributed by atoms with Crippen LogP contribution in [-0.4, -0.2) is 66.4 Å². The lowest BCUT2D eigenvalue weighted by Crippen LogP contribution is -2.53. The van der Waals surface area contributed by atoms with E-state index in [2.05, 4.69) is 28.0 Å². The van der Waals surface area contributed by atoms with Crippen molar-refractivity contribution in [1.29, 1.82) is 5.26 Å². The summed E-state index contributed by atoms with van der Waals surface area (Å²) in [5.74, 6) is 0.799. The molecule has 1 saturated carbocycles. The number of ether oxygens (including phenoxy) is 1. The Morgan fingerprint density at radius 1 is 0.968 bits per heavy atom. The molecule has 164 valence electrons. The van der Waals surface area contributed by atoms with Crippen molar-refractivity contribution in [2.24, 2.45) is 0 Å². The van der Waals surface area contributed by atoms with Crippen LogP contribution in [-0.2, 0) is 5.41 Å². The van der Waals surface area contributed by atoms with E-state index < -0.39 is 6.10 Å². The van der Waals surface area contributed by atoms with Gasteiger partial charge in [-0.1, -0.05) is 48.5 Å². The van der Waals surface area contributed by atoms with Gasteiger partial charge in [-0.25, -0.2) is 0 Å². The van der Waals surface area contributed by atoms with Gasteiger partial charge in [-0.05, 0) is 43.4 Å². The second-order valence-corrected chi connectivity index (χ2v) is 8.91. The first kappa shape index (κ1) is 21.8. The van der Waals surface area contributed by atoms with Gasteiger partial charge in [0.05, 0.1) is 11.5 Å². The zero-order valence-electron chi connectivity index (χ0n) is 18.2. The average Bonchev–Trinajstić information content (AvgIpc) is 2.84. The van der Waals surface area contributed by atoms with Crippen LogP contribution in [0.5, 0.6) is 5.75 Å². The van der Waals surface area contributed by atoms with Gasteiger partial charge in [0.25, 0.3) is 0 Å². The van der Waals surface area contributed by atoms with Gasteiger partial charge >= 0.3 is 0 Å². The third kappa shape index (κ3) is 5.46. The van der Waals surface area contributed by atoms with Crippen LogP contribution < -0.4 is 4.74 Å². The minimum atomic E-state index is -0.483. The Balaban J connectivity index is 1.20. The van der Waals surface area contributed by atoms with E-state index in [1.54, 1.807) is 0 Å². The lowest BCUT2D eigenvalue weighted by atomic mass is 9.69. The highest BCUT2D eigenvalue weighted by Crippen LogP contribution is 2.40. The zero-order chi connectivity index (χ0) is 21.5. The fraction of sp³-hybridized carbons (Fsp3) is 0.500. The summed E-state index contributed by atoms with van der Waals surface area (Å²) in [6.07, 6.45) is 3.55. The summed E-state index contributed by atoms with van der Waals surface area (Å²) < 4.78 is 5.68. The molecule has 4 rings (SSSR count). The normalized spacial score (nSPS) is 26.1. The number of hydrogen-bond acceptors (Lipinski definition) is 5. The number of aliphatic hydroxyl groups is 1. The van der Waals surface area contributed by atoms with Crippen molar-refractivity contribution < 1.29 is 9.84 Å². The minimum Gasteiger partial charge on any atom is -0.491 e. The summed E-state index contributed by atoms with van der Waals surface area (Å²) in [7, 11) is 0. The number of rotatable bonds is 7. The summed E-state index contributed by atoms with van der Waals surface area (Å²) in [6.45, 7) is 4.98. The third-order valence-electron chi connectivity index (χ3n) is 6.93. The maximum absolute atomic E-state index is 10.4. The molecule has 0 spiro atoms. The molecule has 2 aromatic rings. The molecule has 1 N–H and O–H groups in total. The number of para-hydroxylation sites is 1. The zero-order valence-corrected chi connectivity index (χ0v) is 18.2. The molecule has 0 amide bonds. The maximum Gasteiger partial charge on any atom is 0.119 e. The first-order chi connectivity index (χ1) is 15.2. The highest BCUT2D eigenvalue weighted by Gasteiger charge is 2.39. The van der Waals surface area contributed by atoms with E-state index in [4.69, 9.17) is 4.74 Å². The molecule has 1 aliphatic heterocycles. The van der Waals surface area contributed by atoms with E-state index in [1.165, 1.54) is 5.56 Å². The van der Waals surface area contributed by atoms with Crippen LogP contribution in [0.25, 0.3) is 0 Å². The van der Waals surface area contributed by atoms with Gasteiger partial charge in [0, 0.05) is 38.8 Å². The predicted octanol–water partition coefficient (Wildman–Crippen LogP) is 3.45. The quantitative estimate of drug-likeness (QED) is 0.745. The number of nitrogens with zero attached hydrogens (tertiary/aromatic N) is 3. The van der Waals surface area contributed by atoms with Gasteiger partial charge < -0.3 is 9.84 Å². The van der Waals surface area contributed by atoms with Crippen LogP contribution >= 0.6 is 0 Å². The smallest absolute Gasteiger partial charge is 0.119 e. The van der Waals surface area contributed by atoms with E-state index in [0.29, 0.717) is 19.2 Å². The summed E-state index contributed by atoms with van der Waals surface area (Å²) in [5, 5.41) is 20.3. The second kappa shape index (κ2) is 10.3. The van der Waals surface area contributed by atoms with Crippen LogP contribution in [0.15, 0.2) is 60.7 Å². The Labute approximate surface area is 185 Å². The minimum absolute atomic E-state index is 0.317. The van der Waals surface area contributed by atoms with Gasteiger partial charge in [-0.15, -0.1) is 0 Å². The summed E-state index contributed by atoms with van der Waals surface area (Å²) >= 11 is 0. The SMILES string of the molecule is N#C[C@]1(c2ccccc2)CC[C@H](N2CCN(CC(O)COc3ccccc3)CC2)CC1. The number of nitriles is 1. The lowest BCUT2D eigenvalue weighted by molar-refractivity contribution is 0.0286. The van der Waals surface area contributed by atoms with E-state index in [-0.39, 0.29) is 5.41 Å². The van der Waals surface area contributed by atoms with Gasteiger partial charge in [0.1, 0.15) is 18.5 Å². The Morgan fingerprint density at radius 3 is 2.19 bits per heavy atom. The highest BCUT2D eigenvalue weighted by molar-refractivity contribution is 5.33. The van der Waals surface area contributed by atoms with Crippen molar-refractivity contribution in [3.05, 3.63) is 66.2 Å². The molecule has 0 bridgehead atoms. The van der Waals surface area contributed by atoms with Crippen LogP contribution in [0, 0.1) is 11.3 Å². The summed E-state index contributed by atoms with van der Waals surface area (Å²) in [5.41, 5.74) is 0.857. The molecule has 31 heavy (non-hydrogen) atoms. The van der Waals surface area contributed by atoms with Crippen molar-refractivity contribution in [3.63, 3.8) is 0 Å². The molecule has 0 radical (unpaired) electrons. The molecule has 5 nitrogen and oxygen atoms in total. The van der Waals surface area contributed by atoms with E-state index in [1.807, 2.05) is 48.5 Å². The fourth-order valence-corrected chi connectivity index (χ4v) is 5.05. The van der Waals surface area contributed by atoms with Gasteiger partial charge in [-0.3, -0.25) is 9.80 Å². The van der Waals surface area contributed by atoms with Crippen molar-refractivity contribution in [1.82, 2.24) is 9.80 Å². The largest absolute Gasteiger partial charge is 0.491 e. The molecule has 1 aliphatic carbocycles. The monoisotopic (exact) mass is 419 g/mol. The first-order valence-electron chi connectivity index (χ1n) is 11.5. The molecule has 2 aromatic carbocycles. The molecule has 0 aromatic heterocycles. The fourth-order valence-electron chi connectivity index (χ4n) is 5.05. The standard InChI is InChI=1S/C26H33N3O2/c27-21-26(22-7-3-1-4-8-22)13-11-23(12-14-26)29-17-15-28(16-18-29)19-24(30)20-31-25-9-5-2-6-10-25/h1-10,23-24,30H,11-20H2/t23-,24?,26-. The van der Waals surface area contributed by atoms with Gasteiger partial charge in [0.15, 0.2) is 0 Å². The molecule has 1 saturated heterocycles. The van der Waals surface area contributed by atoms with Crippen LogP contribution in [0.2, 0.25) is 0 Å².